The van der Waals surface area contributed by atoms with Crippen molar-refractivity contribution in [1.82, 2.24) is 5.43 Å². The largest absolute Gasteiger partial charge is 0.303 e. The van der Waals surface area contributed by atoms with E-state index in [4.69, 9.17) is 0 Å². The van der Waals surface area contributed by atoms with Crippen LogP contribution in [-0.2, 0) is 0 Å². The summed E-state index contributed by atoms with van der Waals surface area (Å²) < 4.78 is 0. The van der Waals surface area contributed by atoms with Crippen molar-refractivity contribution < 1.29 is 0 Å². The molecule has 3 N–H and O–H groups in total. The minimum absolute atomic E-state index is 0.678. The SMILES string of the molecule is CCNN=NN=NN=NN. The minimum Gasteiger partial charge on any atom is -0.303 e. The van der Waals surface area contributed by atoms with Gasteiger partial charge in [-0.15, -0.1) is 0 Å². The Morgan fingerprint density at radius 3 is 2.50 bits per heavy atom. The van der Waals surface area contributed by atoms with Crippen molar-refractivity contribution in [2.24, 2.45) is 37.2 Å². The lowest BCUT2D eigenvalue weighted by Gasteiger charge is -1.82. The lowest BCUT2D eigenvalue weighted by Crippen LogP contribution is -2.00. The summed E-state index contributed by atoms with van der Waals surface area (Å²) >= 11 is 0. The molecule has 0 aromatic carbocycles. The molecule has 0 heterocycles. The van der Waals surface area contributed by atoms with Gasteiger partial charge in [0.1, 0.15) is 0 Å². The fraction of sp³-hybridized carbons (Fsp3) is 1.00. The van der Waals surface area contributed by atoms with E-state index in [9.17, 15) is 0 Å². The summed E-state index contributed by atoms with van der Waals surface area (Å²) in [7, 11) is 0. The molecule has 8 heteroatoms. The number of rotatable bonds is 4. The summed E-state index contributed by atoms with van der Waals surface area (Å²) in [5, 5.41) is 18.3. The monoisotopic (exact) mass is 144 g/mol. The zero-order chi connectivity index (χ0) is 7.66. The van der Waals surface area contributed by atoms with Gasteiger partial charge in [0.2, 0.25) is 0 Å². The molecule has 0 aliphatic heterocycles. The van der Waals surface area contributed by atoms with Crippen molar-refractivity contribution >= 4 is 0 Å². The molecule has 0 aliphatic carbocycles. The molecule has 0 rings (SSSR count). The third kappa shape index (κ3) is 6.40. The van der Waals surface area contributed by atoms with Gasteiger partial charge in [-0.25, -0.2) is 0 Å². The highest BCUT2D eigenvalue weighted by atomic mass is 15.6. The van der Waals surface area contributed by atoms with Crippen molar-refractivity contribution in [1.29, 1.82) is 0 Å². The smallest absolute Gasteiger partial charge is 0.0318 e. The van der Waals surface area contributed by atoms with E-state index in [2.05, 4.69) is 42.6 Å². The summed E-state index contributed by atoms with van der Waals surface area (Å²) in [5.41, 5.74) is 2.53. The van der Waals surface area contributed by atoms with Gasteiger partial charge in [0.05, 0.1) is 0 Å². The Hall–Kier alpha value is -1.60. The topological polar surface area (TPSA) is 112 Å². The van der Waals surface area contributed by atoms with Crippen LogP contribution in [0.25, 0.3) is 0 Å². The van der Waals surface area contributed by atoms with E-state index in [1.54, 1.807) is 0 Å². The van der Waals surface area contributed by atoms with Crippen LogP contribution in [0.5, 0.6) is 0 Å². The van der Waals surface area contributed by atoms with E-state index in [1.165, 1.54) is 0 Å². The number of hydrogen-bond acceptors (Lipinski definition) is 2. The van der Waals surface area contributed by atoms with Crippen LogP contribution in [0.15, 0.2) is 31.3 Å². The molecular weight excluding hydrogens is 136 g/mol. The maximum absolute atomic E-state index is 4.59. The third-order valence-electron chi connectivity index (χ3n) is 0.445. The van der Waals surface area contributed by atoms with E-state index in [1.807, 2.05) is 6.92 Å². The van der Waals surface area contributed by atoms with E-state index < -0.39 is 0 Å². The van der Waals surface area contributed by atoms with Crippen LogP contribution < -0.4 is 11.3 Å². The zero-order valence-corrected chi connectivity index (χ0v) is 5.47. The van der Waals surface area contributed by atoms with Crippen molar-refractivity contribution in [2.75, 3.05) is 6.54 Å². The van der Waals surface area contributed by atoms with Gasteiger partial charge in [0.15, 0.2) is 0 Å². The number of hydrogen-bond donors (Lipinski definition) is 2. The molecule has 0 saturated heterocycles. The average molecular weight is 144 g/mol. The summed E-state index contributed by atoms with van der Waals surface area (Å²) in [5.74, 6) is 4.59. The fourth-order valence-corrected chi connectivity index (χ4v) is 0.181. The molecule has 0 radical (unpaired) electrons. The summed E-state index contributed by atoms with van der Waals surface area (Å²) in [6.45, 7) is 2.55. The van der Waals surface area contributed by atoms with E-state index in [0.29, 0.717) is 6.54 Å². The molecule has 56 valence electrons. The van der Waals surface area contributed by atoms with Crippen LogP contribution in [0, 0.1) is 0 Å². The molecule has 0 spiro atoms. The Kier molecular flexibility index (Phi) is 6.22. The normalized spacial score (nSPS) is 12.1. The van der Waals surface area contributed by atoms with Gasteiger partial charge in [-0.05, 0) is 27.8 Å². The van der Waals surface area contributed by atoms with Gasteiger partial charge in [0, 0.05) is 6.54 Å². The Bertz CT molecular complexity index is 134. The van der Waals surface area contributed by atoms with Crippen LogP contribution >= 0.6 is 0 Å². The maximum atomic E-state index is 4.59. The van der Waals surface area contributed by atoms with Crippen molar-refractivity contribution in [2.45, 2.75) is 6.92 Å². The second kappa shape index (κ2) is 7.40. The van der Waals surface area contributed by atoms with Crippen molar-refractivity contribution in [3.05, 3.63) is 0 Å². The van der Waals surface area contributed by atoms with Gasteiger partial charge in [-0.1, -0.05) is 10.4 Å². The average Bonchev–Trinajstić information content (AvgIpc) is 1.97. The maximum Gasteiger partial charge on any atom is 0.0318 e. The fourth-order valence-electron chi connectivity index (χ4n) is 0.181. The quantitative estimate of drug-likeness (QED) is 0.341. The third-order valence-corrected chi connectivity index (χ3v) is 0.445. The summed E-state index contributed by atoms with van der Waals surface area (Å²) in [4.78, 5) is 0. The van der Waals surface area contributed by atoms with E-state index in [0.717, 1.165) is 0 Å². The number of nitrogens with two attached hydrogens (primary N) is 1. The first-order valence-electron chi connectivity index (χ1n) is 2.54. The zero-order valence-electron chi connectivity index (χ0n) is 5.47. The lowest BCUT2D eigenvalue weighted by molar-refractivity contribution is 0.685. The predicted octanol–water partition coefficient (Wildman–Crippen LogP) is 0.571. The first-order chi connectivity index (χ1) is 4.91. The van der Waals surface area contributed by atoms with Crippen LogP contribution in [0.2, 0.25) is 0 Å². The van der Waals surface area contributed by atoms with Crippen LogP contribution in [0.1, 0.15) is 6.92 Å². The molecule has 8 nitrogen and oxygen atoms in total. The molecule has 0 aromatic heterocycles. The highest BCUT2D eigenvalue weighted by Crippen LogP contribution is 1.78. The Balaban J connectivity index is 3.32. The first kappa shape index (κ1) is 8.40. The molecule has 0 unspecified atom stereocenters. The van der Waals surface area contributed by atoms with E-state index >= 15 is 0 Å². The van der Waals surface area contributed by atoms with Gasteiger partial charge < -0.3 is 5.84 Å². The second-order valence-corrected chi connectivity index (χ2v) is 1.08. The lowest BCUT2D eigenvalue weighted by atomic mass is 10.8. The Labute approximate surface area is 57.2 Å². The van der Waals surface area contributed by atoms with Crippen molar-refractivity contribution in [3.63, 3.8) is 0 Å². The first-order valence-corrected chi connectivity index (χ1v) is 2.54. The molecule has 0 saturated carbocycles. The van der Waals surface area contributed by atoms with Crippen LogP contribution in [-0.4, -0.2) is 6.54 Å². The highest BCUT2D eigenvalue weighted by Gasteiger charge is 1.66. The van der Waals surface area contributed by atoms with Gasteiger partial charge in [0.25, 0.3) is 0 Å². The molecule has 0 fully saturated rings. The van der Waals surface area contributed by atoms with Crippen molar-refractivity contribution in [3.8, 4) is 0 Å². The highest BCUT2D eigenvalue weighted by molar-refractivity contribution is 4.19. The molecule has 0 aromatic rings. The number of nitrogens with zero attached hydrogens (tertiary/aromatic N) is 6. The predicted molar refractivity (Wildman–Crippen MR) is 32.4 cm³/mol. The van der Waals surface area contributed by atoms with Crippen LogP contribution in [0.3, 0.4) is 0 Å². The molecule has 0 aliphatic rings. The summed E-state index contributed by atoms with van der Waals surface area (Å²) in [6, 6.07) is 0. The molecular formula is C2H8N8. The van der Waals surface area contributed by atoms with Gasteiger partial charge in [-0.3, -0.25) is 5.43 Å². The summed E-state index contributed by atoms with van der Waals surface area (Å²) in [6.07, 6.45) is 0. The van der Waals surface area contributed by atoms with Gasteiger partial charge >= 0.3 is 0 Å². The Morgan fingerprint density at radius 1 is 1.20 bits per heavy atom. The molecule has 0 bridgehead atoms. The number of nitrogens with one attached hydrogen (secondary N) is 1. The molecule has 0 amide bonds. The molecule has 0 atom stereocenters. The van der Waals surface area contributed by atoms with E-state index in [-0.39, 0.29) is 0 Å². The second-order valence-electron chi connectivity index (χ2n) is 1.08. The molecule has 10 heavy (non-hydrogen) atoms. The minimum atomic E-state index is 0.678. The standard InChI is InChI=1S/C2H8N8/c1-2-4-6-8-10-9-7-5-3/h2H2,1H3,(H2,3,6,7,10)(H,4,5,8,9). The Morgan fingerprint density at radius 2 is 1.90 bits per heavy atom. The van der Waals surface area contributed by atoms with Gasteiger partial charge in [-0.2, -0.15) is 0 Å². The van der Waals surface area contributed by atoms with Crippen LogP contribution in [0.4, 0.5) is 0 Å².